The third kappa shape index (κ3) is 4.99. The Bertz CT molecular complexity index is 1640. The van der Waals surface area contributed by atoms with Crippen LogP contribution in [0.4, 0.5) is 5.00 Å². The standard InChI is InChI=1S/C32H30N4O3S/c1-2-36-15-14-27-25(18-36)30(23-10-6-7-11-26(23)34-27)32(38)39-19-29(37)35-31-24(17-33)22-13-12-21(16-28(22)40-31)20-8-4-3-5-9-20/h3-11,21H,2,12-16,18-19H2,1H3,(H,35,37). The van der Waals surface area contributed by atoms with Gasteiger partial charge in [0, 0.05) is 41.0 Å². The Morgan fingerprint density at radius 2 is 1.93 bits per heavy atom. The number of esters is 1. The number of anilines is 1. The van der Waals surface area contributed by atoms with Gasteiger partial charge in [-0.25, -0.2) is 4.79 Å². The van der Waals surface area contributed by atoms with Crippen LogP contribution in [0.15, 0.2) is 54.6 Å². The van der Waals surface area contributed by atoms with Crippen LogP contribution < -0.4 is 5.32 Å². The fraction of sp³-hybridized carbons (Fsp3) is 0.312. The molecule has 0 saturated carbocycles. The molecular weight excluding hydrogens is 520 g/mol. The second-order valence-corrected chi connectivity index (χ2v) is 11.4. The minimum atomic E-state index is -0.528. The molecule has 6 rings (SSSR count). The molecule has 1 unspecified atom stereocenters. The zero-order valence-electron chi connectivity index (χ0n) is 22.4. The highest BCUT2D eigenvalue weighted by molar-refractivity contribution is 7.16. The summed E-state index contributed by atoms with van der Waals surface area (Å²) < 4.78 is 5.58. The van der Waals surface area contributed by atoms with E-state index in [1.807, 2.05) is 30.3 Å². The number of likely N-dealkylation sites (N-methyl/N-ethyl adjacent to an activating group) is 1. The maximum Gasteiger partial charge on any atom is 0.339 e. The number of para-hydroxylation sites is 1. The molecule has 0 fully saturated rings. The SMILES string of the molecule is CCN1CCc2nc3ccccc3c(C(=O)OCC(=O)Nc3sc4c(c3C#N)CCC(c3ccccc3)C4)c2C1. The van der Waals surface area contributed by atoms with Gasteiger partial charge in [0.25, 0.3) is 5.91 Å². The van der Waals surface area contributed by atoms with Crippen LogP contribution in [0.5, 0.6) is 0 Å². The molecule has 2 aromatic carbocycles. The number of nitriles is 1. The number of ether oxygens (including phenoxy) is 1. The number of rotatable bonds is 6. The van der Waals surface area contributed by atoms with E-state index in [9.17, 15) is 14.9 Å². The van der Waals surface area contributed by atoms with E-state index >= 15 is 0 Å². The number of carbonyl (C=O) groups is 2. The third-order valence-corrected chi connectivity index (χ3v) is 9.18. The summed E-state index contributed by atoms with van der Waals surface area (Å²) in [5.74, 6) is -0.585. The summed E-state index contributed by atoms with van der Waals surface area (Å²) in [4.78, 5) is 34.6. The molecule has 1 aliphatic heterocycles. The van der Waals surface area contributed by atoms with Crippen LogP contribution in [-0.4, -0.2) is 41.5 Å². The van der Waals surface area contributed by atoms with Gasteiger partial charge in [-0.05, 0) is 48.9 Å². The normalized spacial score (nSPS) is 16.6. The van der Waals surface area contributed by atoms with Crippen molar-refractivity contribution in [3.8, 4) is 6.07 Å². The Balaban J connectivity index is 1.18. The Morgan fingerprint density at radius 3 is 2.73 bits per heavy atom. The van der Waals surface area contributed by atoms with E-state index in [-0.39, 0.29) is 0 Å². The Kier molecular flexibility index (Phi) is 7.33. The van der Waals surface area contributed by atoms with Gasteiger partial charge in [0.2, 0.25) is 0 Å². The first kappa shape index (κ1) is 26.2. The molecule has 0 saturated heterocycles. The van der Waals surface area contributed by atoms with Crippen molar-refractivity contribution in [1.29, 1.82) is 5.26 Å². The molecule has 0 bridgehead atoms. The summed E-state index contributed by atoms with van der Waals surface area (Å²) >= 11 is 1.46. The van der Waals surface area contributed by atoms with Gasteiger partial charge in [-0.3, -0.25) is 14.7 Å². The van der Waals surface area contributed by atoms with E-state index in [1.165, 1.54) is 16.9 Å². The average Bonchev–Trinajstić information content (AvgIpc) is 3.34. The van der Waals surface area contributed by atoms with Crippen molar-refractivity contribution in [3.63, 3.8) is 0 Å². The van der Waals surface area contributed by atoms with Crippen LogP contribution in [0.2, 0.25) is 0 Å². The number of benzene rings is 2. The van der Waals surface area contributed by atoms with Gasteiger partial charge in [0.15, 0.2) is 6.61 Å². The number of aromatic nitrogens is 1. The van der Waals surface area contributed by atoms with Crippen LogP contribution in [0.3, 0.4) is 0 Å². The number of fused-ring (bicyclic) bond motifs is 3. The number of nitrogens with one attached hydrogen (secondary N) is 1. The molecule has 2 aliphatic rings. The molecule has 3 heterocycles. The number of pyridine rings is 1. The average molecular weight is 551 g/mol. The van der Waals surface area contributed by atoms with Gasteiger partial charge in [-0.15, -0.1) is 11.3 Å². The lowest BCUT2D eigenvalue weighted by Crippen LogP contribution is -2.32. The predicted molar refractivity (Wildman–Crippen MR) is 156 cm³/mol. The van der Waals surface area contributed by atoms with Gasteiger partial charge in [0.05, 0.1) is 16.6 Å². The molecule has 1 aliphatic carbocycles. The molecule has 8 heteroatoms. The van der Waals surface area contributed by atoms with Crippen LogP contribution in [0.1, 0.15) is 62.4 Å². The minimum absolute atomic E-state index is 0.396. The van der Waals surface area contributed by atoms with Gasteiger partial charge < -0.3 is 10.1 Å². The molecule has 40 heavy (non-hydrogen) atoms. The maximum absolute atomic E-state index is 13.4. The summed E-state index contributed by atoms with van der Waals surface area (Å²) in [5, 5.41) is 14.0. The maximum atomic E-state index is 13.4. The van der Waals surface area contributed by atoms with Crippen molar-refractivity contribution in [1.82, 2.24) is 9.88 Å². The van der Waals surface area contributed by atoms with Crippen LogP contribution in [0, 0.1) is 11.3 Å². The van der Waals surface area contributed by atoms with E-state index in [0.717, 1.165) is 71.4 Å². The fourth-order valence-corrected chi connectivity index (χ4v) is 7.21. The molecule has 0 radical (unpaired) electrons. The van der Waals surface area contributed by atoms with Crippen molar-refractivity contribution in [2.45, 2.75) is 45.1 Å². The summed E-state index contributed by atoms with van der Waals surface area (Å²) in [5.41, 5.74) is 5.88. The summed E-state index contributed by atoms with van der Waals surface area (Å²) in [6.07, 6.45) is 3.37. The highest BCUT2D eigenvalue weighted by Gasteiger charge is 2.29. The fourth-order valence-electron chi connectivity index (χ4n) is 5.92. The van der Waals surface area contributed by atoms with E-state index in [0.29, 0.717) is 28.6 Å². The first-order valence-electron chi connectivity index (χ1n) is 13.7. The molecule has 4 aromatic rings. The van der Waals surface area contributed by atoms with E-state index in [4.69, 9.17) is 9.72 Å². The minimum Gasteiger partial charge on any atom is -0.452 e. The lowest BCUT2D eigenvalue weighted by molar-refractivity contribution is -0.119. The predicted octanol–water partition coefficient (Wildman–Crippen LogP) is 5.61. The molecule has 1 atom stereocenters. The molecule has 2 aromatic heterocycles. The van der Waals surface area contributed by atoms with E-state index < -0.39 is 18.5 Å². The highest BCUT2D eigenvalue weighted by Crippen LogP contribution is 2.42. The number of amides is 1. The molecule has 7 nitrogen and oxygen atoms in total. The summed E-state index contributed by atoms with van der Waals surface area (Å²) in [6, 6.07) is 20.3. The first-order chi connectivity index (χ1) is 19.6. The van der Waals surface area contributed by atoms with Crippen molar-refractivity contribution in [2.24, 2.45) is 0 Å². The smallest absolute Gasteiger partial charge is 0.339 e. The van der Waals surface area contributed by atoms with Crippen LogP contribution in [0.25, 0.3) is 10.9 Å². The number of carbonyl (C=O) groups excluding carboxylic acids is 2. The van der Waals surface area contributed by atoms with E-state index in [2.05, 4.69) is 47.5 Å². The zero-order valence-corrected chi connectivity index (χ0v) is 23.2. The highest BCUT2D eigenvalue weighted by atomic mass is 32.1. The van der Waals surface area contributed by atoms with E-state index in [1.54, 1.807) is 0 Å². The lowest BCUT2D eigenvalue weighted by Gasteiger charge is -2.28. The summed E-state index contributed by atoms with van der Waals surface area (Å²) in [6.45, 7) is 4.06. The molecule has 0 spiro atoms. The second kappa shape index (κ2) is 11.2. The largest absolute Gasteiger partial charge is 0.452 e. The van der Waals surface area contributed by atoms with Crippen molar-refractivity contribution in [3.05, 3.63) is 93.0 Å². The quantitative estimate of drug-likeness (QED) is 0.314. The molecule has 1 N–H and O–H groups in total. The third-order valence-electron chi connectivity index (χ3n) is 8.01. The Morgan fingerprint density at radius 1 is 1.12 bits per heavy atom. The molecule has 1 amide bonds. The number of thiophene rings is 1. The number of nitrogens with zero attached hydrogens (tertiary/aromatic N) is 3. The first-order valence-corrected chi connectivity index (χ1v) is 14.6. The monoisotopic (exact) mass is 550 g/mol. The summed E-state index contributed by atoms with van der Waals surface area (Å²) in [7, 11) is 0. The zero-order chi connectivity index (χ0) is 27.6. The Labute approximate surface area is 237 Å². The van der Waals surface area contributed by atoms with Gasteiger partial charge in [-0.2, -0.15) is 5.26 Å². The Hall–Kier alpha value is -4.06. The van der Waals surface area contributed by atoms with Crippen LogP contribution in [-0.2, 0) is 35.3 Å². The molecule has 202 valence electrons. The number of hydrogen-bond acceptors (Lipinski definition) is 7. The van der Waals surface area contributed by atoms with Crippen molar-refractivity contribution in [2.75, 3.05) is 25.0 Å². The number of hydrogen-bond donors (Lipinski definition) is 1. The van der Waals surface area contributed by atoms with Crippen LogP contribution >= 0.6 is 11.3 Å². The topological polar surface area (TPSA) is 95.3 Å². The van der Waals surface area contributed by atoms with Crippen molar-refractivity contribution >= 4 is 39.1 Å². The van der Waals surface area contributed by atoms with Crippen molar-refractivity contribution < 1.29 is 14.3 Å². The van der Waals surface area contributed by atoms with Gasteiger partial charge in [0.1, 0.15) is 11.1 Å². The van der Waals surface area contributed by atoms with Gasteiger partial charge in [-0.1, -0.05) is 55.5 Å². The second-order valence-electron chi connectivity index (χ2n) is 10.3. The van der Waals surface area contributed by atoms with Gasteiger partial charge >= 0.3 is 5.97 Å². The molecular formula is C32H30N4O3S. The lowest BCUT2D eigenvalue weighted by atomic mass is 9.83.